The van der Waals surface area contributed by atoms with Crippen molar-refractivity contribution in [3.05, 3.63) is 29.8 Å². The van der Waals surface area contributed by atoms with Crippen molar-refractivity contribution >= 4 is 35.9 Å². The van der Waals surface area contributed by atoms with Gasteiger partial charge in [-0.25, -0.2) is 14.4 Å². The standard InChI is InChI=1S/C31H48N4O10/c1-18(2)15-23(27(39)42-10)34-24(36)17-32-25(37)19(3)33-26(38)22(35-28(40)44-30(4,5)6)16-20-11-13-21(14-12-20)43-29(41)45-31(7,8)9/h11-14,18-19,22-23H,15-17H2,1-10H3,(H,32,37)(H,33,38)(H,34,36)(H,35,40)/t19-,22-,23-/m0/s1. The Hall–Kier alpha value is -4.36. The van der Waals surface area contributed by atoms with Crippen molar-refractivity contribution in [2.75, 3.05) is 13.7 Å². The lowest BCUT2D eigenvalue weighted by Gasteiger charge is -2.24. The maximum absolute atomic E-state index is 13.2. The minimum atomic E-state index is -1.16. The Kier molecular flexibility index (Phi) is 14.8. The number of hydrogen-bond acceptors (Lipinski definition) is 10. The van der Waals surface area contributed by atoms with Gasteiger partial charge in [0.1, 0.15) is 35.1 Å². The summed E-state index contributed by atoms with van der Waals surface area (Å²) in [5, 5.41) is 10.0. The second kappa shape index (κ2) is 17.2. The molecule has 0 aliphatic rings. The number of ether oxygens (including phenoxy) is 4. The van der Waals surface area contributed by atoms with E-state index in [0.717, 1.165) is 0 Å². The summed E-state index contributed by atoms with van der Waals surface area (Å²) in [4.78, 5) is 74.7. The highest BCUT2D eigenvalue weighted by molar-refractivity contribution is 5.93. The molecule has 4 amide bonds. The Bertz CT molecular complexity index is 1190. The SMILES string of the molecule is COC(=O)[C@H](CC(C)C)NC(=O)CNC(=O)[C@H](C)NC(=O)[C@H](Cc1ccc(OC(=O)OC(C)(C)C)cc1)NC(=O)OC(C)(C)C. The summed E-state index contributed by atoms with van der Waals surface area (Å²) < 4.78 is 20.3. The van der Waals surface area contributed by atoms with Crippen LogP contribution in [0.4, 0.5) is 9.59 Å². The first-order valence-electron chi connectivity index (χ1n) is 14.6. The van der Waals surface area contributed by atoms with E-state index in [2.05, 4.69) is 21.3 Å². The van der Waals surface area contributed by atoms with Crippen molar-refractivity contribution in [2.24, 2.45) is 5.92 Å². The number of alkyl carbamates (subject to hydrolysis) is 1. The Morgan fingerprint density at radius 1 is 0.756 bits per heavy atom. The molecule has 0 unspecified atom stereocenters. The van der Waals surface area contributed by atoms with Gasteiger partial charge in [0.25, 0.3) is 0 Å². The zero-order valence-electron chi connectivity index (χ0n) is 27.8. The Labute approximate surface area is 264 Å². The summed E-state index contributed by atoms with van der Waals surface area (Å²) in [6.45, 7) is 14.9. The molecule has 0 saturated heterocycles. The lowest BCUT2D eigenvalue weighted by molar-refractivity contribution is -0.145. The van der Waals surface area contributed by atoms with Gasteiger partial charge in [0.2, 0.25) is 17.7 Å². The van der Waals surface area contributed by atoms with Crippen LogP contribution in [0.3, 0.4) is 0 Å². The topological polar surface area (TPSA) is 187 Å². The smallest absolute Gasteiger partial charge is 0.467 e. The quantitative estimate of drug-likeness (QED) is 0.142. The number of carbonyl (C=O) groups is 6. The van der Waals surface area contributed by atoms with Crippen LogP contribution in [-0.2, 0) is 39.8 Å². The highest BCUT2D eigenvalue weighted by Gasteiger charge is 2.28. The van der Waals surface area contributed by atoms with Crippen LogP contribution in [0.2, 0.25) is 0 Å². The molecule has 1 aromatic carbocycles. The number of nitrogens with one attached hydrogen (secondary N) is 4. The van der Waals surface area contributed by atoms with Crippen LogP contribution in [0.1, 0.15) is 74.3 Å². The molecular weight excluding hydrogens is 588 g/mol. The molecule has 45 heavy (non-hydrogen) atoms. The maximum Gasteiger partial charge on any atom is 0.514 e. The summed E-state index contributed by atoms with van der Waals surface area (Å²) in [5.41, 5.74) is -0.966. The predicted octanol–water partition coefficient (Wildman–Crippen LogP) is 2.76. The van der Waals surface area contributed by atoms with Gasteiger partial charge in [0.15, 0.2) is 0 Å². The van der Waals surface area contributed by atoms with E-state index in [0.29, 0.717) is 12.0 Å². The van der Waals surface area contributed by atoms with Crippen LogP contribution >= 0.6 is 0 Å². The van der Waals surface area contributed by atoms with E-state index in [9.17, 15) is 28.8 Å². The highest BCUT2D eigenvalue weighted by Crippen LogP contribution is 2.17. The molecule has 0 aliphatic carbocycles. The molecule has 14 heteroatoms. The number of carbonyl (C=O) groups excluding carboxylic acids is 6. The van der Waals surface area contributed by atoms with Gasteiger partial charge in [-0.15, -0.1) is 0 Å². The van der Waals surface area contributed by atoms with Crippen molar-refractivity contribution in [1.82, 2.24) is 21.3 Å². The second-order valence-electron chi connectivity index (χ2n) is 12.8. The predicted molar refractivity (Wildman–Crippen MR) is 164 cm³/mol. The average Bonchev–Trinajstić information content (AvgIpc) is 2.89. The van der Waals surface area contributed by atoms with E-state index >= 15 is 0 Å². The van der Waals surface area contributed by atoms with Gasteiger partial charge in [-0.1, -0.05) is 26.0 Å². The summed E-state index contributed by atoms with van der Waals surface area (Å²) in [6, 6.07) is 3.11. The minimum Gasteiger partial charge on any atom is -0.467 e. The Morgan fingerprint density at radius 2 is 1.33 bits per heavy atom. The summed E-state index contributed by atoms with van der Waals surface area (Å²) >= 11 is 0. The van der Waals surface area contributed by atoms with Crippen molar-refractivity contribution < 1.29 is 47.7 Å². The van der Waals surface area contributed by atoms with Crippen LogP contribution in [0.15, 0.2) is 24.3 Å². The molecule has 3 atom stereocenters. The average molecular weight is 637 g/mol. The van der Waals surface area contributed by atoms with Gasteiger partial charge in [0.05, 0.1) is 13.7 Å². The van der Waals surface area contributed by atoms with E-state index in [-0.39, 0.29) is 18.1 Å². The summed E-state index contributed by atoms with van der Waals surface area (Å²) in [7, 11) is 1.22. The van der Waals surface area contributed by atoms with Crippen LogP contribution in [0, 0.1) is 5.92 Å². The number of amides is 4. The zero-order valence-corrected chi connectivity index (χ0v) is 27.8. The molecule has 14 nitrogen and oxygen atoms in total. The van der Waals surface area contributed by atoms with Crippen molar-refractivity contribution in [2.45, 2.75) is 104 Å². The van der Waals surface area contributed by atoms with E-state index in [4.69, 9.17) is 18.9 Å². The number of hydrogen-bond donors (Lipinski definition) is 4. The van der Waals surface area contributed by atoms with Gasteiger partial charge in [0, 0.05) is 6.42 Å². The third-order valence-corrected chi connectivity index (χ3v) is 5.66. The molecule has 1 rings (SSSR count). The van der Waals surface area contributed by atoms with E-state index in [1.807, 2.05) is 13.8 Å². The molecular formula is C31H48N4O10. The normalized spacial score (nSPS) is 13.4. The molecule has 4 N–H and O–H groups in total. The largest absolute Gasteiger partial charge is 0.514 e. The molecule has 252 valence electrons. The fourth-order valence-corrected chi connectivity index (χ4v) is 3.73. The van der Waals surface area contributed by atoms with Crippen molar-refractivity contribution in [3.8, 4) is 5.75 Å². The minimum absolute atomic E-state index is 0.000688. The molecule has 0 heterocycles. The molecule has 0 aliphatic heterocycles. The van der Waals surface area contributed by atoms with Crippen LogP contribution in [0.25, 0.3) is 0 Å². The van der Waals surface area contributed by atoms with Gasteiger partial charge in [-0.05, 0) is 78.5 Å². The van der Waals surface area contributed by atoms with E-state index in [1.165, 1.54) is 26.2 Å². The number of methoxy groups -OCH3 is 1. The van der Waals surface area contributed by atoms with Gasteiger partial charge in [-0.2, -0.15) is 0 Å². The van der Waals surface area contributed by atoms with Gasteiger partial charge < -0.3 is 40.2 Å². The monoisotopic (exact) mass is 636 g/mol. The van der Waals surface area contributed by atoms with Crippen LogP contribution < -0.4 is 26.0 Å². The molecule has 0 aromatic heterocycles. The van der Waals surface area contributed by atoms with Crippen LogP contribution in [0.5, 0.6) is 5.75 Å². The molecule has 0 fully saturated rings. The first-order chi connectivity index (χ1) is 20.7. The molecule has 0 bridgehead atoms. The first kappa shape index (κ1) is 38.7. The summed E-state index contributed by atoms with van der Waals surface area (Å²) in [5.74, 6) is -2.25. The van der Waals surface area contributed by atoms with Gasteiger partial charge >= 0.3 is 18.2 Å². The Balaban J connectivity index is 2.90. The Morgan fingerprint density at radius 3 is 1.84 bits per heavy atom. The third-order valence-electron chi connectivity index (χ3n) is 5.66. The van der Waals surface area contributed by atoms with E-state index < -0.39 is 71.8 Å². The van der Waals surface area contributed by atoms with E-state index in [1.54, 1.807) is 53.7 Å². The van der Waals surface area contributed by atoms with Crippen molar-refractivity contribution in [3.63, 3.8) is 0 Å². The molecule has 0 radical (unpaired) electrons. The molecule has 1 aromatic rings. The van der Waals surface area contributed by atoms with Crippen molar-refractivity contribution in [1.29, 1.82) is 0 Å². The zero-order chi connectivity index (χ0) is 34.5. The van der Waals surface area contributed by atoms with Gasteiger partial charge in [-0.3, -0.25) is 14.4 Å². The number of rotatable bonds is 13. The fraction of sp³-hybridized carbons (Fsp3) is 0.613. The number of benzene rings is 1. The second-order valence-corrected chi connectivity index (χ2v) is 12.8. The lowest BCUT2D eigenvalue weighted by atomic mass is 10.0. The van der Waals surface area contributed by atoms with Crippen LogP contribution in [-0.4, -0.2) is 78.9 Å². The third kappa shape index (κ3) is 16.3. The maximum atomic E-state index is 13.2. The highest BCUT2D eigenvalue weighted by atomic mass is 16.7. The first-order valence-corrected chi connectivity index (χ1v) is 14.6. The number of esters is 1. The lowest BCUT2D eigenvalue weighted by Crippen LogP contribution is -2.55. The molecule has 0 spiro atoms. The molecule has 0 saturated carbocycles. The fourth-order valence-electron chi connectivity index (χ4n) is 3.73. The summed E-state index contributed by atoms with van der Waals surface area (Å²) in [6.07, 6.45) is -1.37.